The third-order valence-electron chi connectivity index (χ3n) is 5.11. The fourth-order valence-corrected chi connectivity index (χ4v) is 3.27. The molecule has 0 aliphatic heterocycles. The number of benzene rings is 3. The lowest BCUT2D eigenvalue weighted by molar-refractivity contribution is -0.123. The summed E-state index contributed by atoms with van der Waals surface area (Å²) in [6.45, 7) is 4.30. The summed E-state index contributed by atoms with van der Waals surface area (Å²) < 4.78 is 15.2. The number of ether oxygens (including phenoxy) is 3. The van der Waals surface area contributed by atoms with Gasteiger partial charge in [-0.1, -0.05) is 37.6 Å². The Balaban J connectivity index is 1.42. The van der Waals surface area contributed by atoms with Crippen molar-refractivity contribution in [1.29, 1.82) is 0 Å². The van der Waals surface area contributed by atoms with E-state index in [0.29, 0.717) is 23.5 Å². The van der Waals surface area contributed by atoms with E-state index in [1.807, 2.05) is 36.4 Å². The molecule has 0 saturated carbocycles. The molecule has 0 atom stereocenters. The molecule has 8 nitrogen and oxygen atoms in total. The number of anilines is 1. The van der Waals surface area contributed by atoms with Gasteiger partial charge in [-0.25, -0.2) is 4.79 Å². The summed E-state index contributed by atoms with van der Waals surface area (Å²) in [5, 5.41) is 5.62. The molecule has 188 valence electrons. The number of hydrogen-bond acceptors (Lipinski definition) is 6. The highest BCUT2D eigenvalue weighted by molar-refractivity contribution is 6.04. The second-order valence-corrected chi connectivity index (χ2v) is 7.92. The fraction of sp³-hybridized carbons (Fsp3) is 0.250. The summed E-state index contributed by atoms with van der Waals surface area (Å²) in [6, 6.07) is 21.0. The fourth-order valence-electron chi connectivity index (χ4n) is 3.27. The Morgan fingerprint density at radius 3 is 2.06 bits per heavy atom. The number of nitrogens with one attached hydrogen (secondary N) is 2. The molecule has 0 spiro atoms. The lowest BCUT2D eigenvalue weighted by Crippen LogP contribution is -2.28. The van der Waals surface area contributed by atoms with E-state index in [4.69, 9.17) is 14.2 Å². The third-order valence-corrected chi connectivity index (χ3v) is 5.11. The Morgan fingerprint density at radius 1 is 0.778 bits per heavy atom. The lowest BCUT2D eigenvalue weighted by Gasteiger charge is -2.10. The van der Waals surface area contributed by atoms with Crippen LogP contribution < -0.4 is 20.1 Å². The van der Waals surface area contributed by atoms with E-state index in [2.05, 4.69) is 17.6 Å². The molecule has 0 aliphatic carbocycles. The second-order valence-electron chi connectivity index (χ2n) is 7.92. The second kappa shape index (κ2) is 13.5. The maximum Gasteiger partial charge on any atom is 0.513 e. The van der Waals surface area contributed by atoms with E-state index in [-0.39, 0.29) is 30.8 Å². The Labute approximate surface area is 210 Å². The quantitative estimate of drug-likeness (QED) is 0.286. The summed E-state index contributed by atoms with van der Waals surface area (Å²) in [5.74, 6) is 0.414. The van der Waals surface area contributed by atoms with Gasteiger partial charge in [-0.3, -0.25) is 9.59 Å². The van der Waals surface area contributed by atoms with Crippen LogP contribution in [0.3, 0.4) is 0 Å². The van der Waals surface area contributed by atoms with Crippen LogP contribution >= 0.6 is 0 Å². The predicted molar refractivity (Wildman–Crippen MR) is 136 cm³/mol. The molecule has 2 amide bonds. The molecular weight excluding hydrogens is 460 g/mol. The molecule has 2 N–H and O–H groups in total. The van der Waals surface area contributed by atoms with Crippen molar-refractivity contribution in [3.63, 3.8) is 0 Å². The first-order chi connectivity index (χ1) is 17.5. The van der Waals surface area contributed by atoms with Gasteiger partial charge in [0.05, 0.1) is 6.61 Å². The van der Waals surface area contributed by atoms with Gasteiger partial charge in [-0.2, -0.15) is 0 Å². The van der Waals surface area contributed by atoms with E-state index < -0.39 is 6.16 Å². The van der Waals surface area contributed by atoms with Crippen LogP contribution in [0.1, 0.15) is 41.8 Å². The van der Waals surface area contributed by atoms with Crippen LogP contribution in [0.5, 0.6) is 11.5 Å². The third kappa shape index (κ3) is 8.47. The first-order valence-corrected chi connectivity index (χ1v) is 11.8. The van der Waals surface area contributed by atoms with Crippen molar-refractivity contribution >= 4 is 23.7 Å². The van der Waals surface area contributed by atoms with E-state index in [9.17, 15) is 14.4 Å². The smallest absolute Gasteiger partial charge is 0.484 e. The minimum absolute atomic E-state index is 0.0646. The van der Waals surface area contributed by atoms with Gasteiger partial charge in [0.15, 0.2) is 6.61 Å². The van der Waals surface area contributed by atoms with Gasteiger partial charge in [-0.15, -0.1) is 0 Å². The number of rotatable bonds is 11. The van der Waals surface area contributed by atoms with Gasteiger partial charge in [0.25, 0.3) is 11.8 Å². The first kappa shape index (κ1) is 26.3. The molecule has 0 radical (unpaired) electrons. The highest BCUT2D eigenvalue weighted by Gasteiger charge is 2.09. The van der Waals surface area contributed by atoms with Crippen molar-refractivity contribution in [2.24, 2.45) is 0 Å². The van der Waals surface area contributed by atoms with Crippen molar-refractivity contribution in [2.75, 3.05) is 18.5 Å². The van der Waals surface area contributed by atoms with Gasteiger partial charge < -0.3 is 24.8 Å². The zero-order valence-corrected chi connectivity index (χ0v) is 20.4. The average molecular weight is 491 g/mol. The zero-order valence-electron chi connectivity index (χ0n) is 20.4. The van der Waals surface area contributed by atoms with Gasteiger partial charge >= 0.3 is 6.16 Å². The molecule has 3 rings (SSSR count). The van der Waals surface area contributed by atoms with Gasteiger partial charge in [0, 0.05) is 17.8 Å². The number of hydrogen-bond donors (Lipinski definition) is 2. The van der Waals surface area contributed by atoms with Crippen LogP contribution in [-0.2, 0) is 22.5 Å². The highest BCUT2D eigenvalue weighted by atomic mass is 16.7. The molecule has 3 aromatic carbocycles. The summed E-state index contributed by atoms with van der Waals surface area (Å²) in [4.78, 5) is 35.9. The predicted octanol–water partition coefficient (Wildman–Crippen LogP) is 5.12. The van der Waals surface area contributed by atoms with Crippen molar-refractivity contribution < 1.29 is 28.6 Å². The molecule has 0 heterocycles. The summed E-state index contributed by atoms with van der Waals surface area (Å²) in [6.07, 6.45) is 1.31. The SMILES string of the molecule is CCCc1ccc(OCC(=O)NCc2ccc(NC(=O)c3ccc(OC(=O)OCC)cc3)cc2)cc1. The van der Waals surface area contributed by atoms with Crippen LogP contribution in [0.25, 0.3) is 0 Å². The Bertz CT molecular complexity index is 1140. The molecular formula is C28H30N2O6. The van der Waals surface area contributed by atoms with Crippen molar-refractivity contribution in [2.45, 2.75) is 33.2 Å². The van der Waals surface area contributed by atoms with Crippen LogP contribution in [0.2, 0.25) is 0 Å². The van der Waals surface area contributed by atoms with Gasteiger partial charge in [0.1, 0.15) is 11.5 Å². The van der Waals surface area contributed by atoms with E-state index in [1.165, 1.54) is 17.7 Å². The van der Waals surface area contributed by atoms with E-state index in [0.717, 1.165) is 18.4 Å². The van der Waals surface area contributed by atoms with E-state index in [1.54, 1.807) is 31.2 Å². The molecule has 0 aromatic heterocycles. The van der Waals surface area contributed by atoms with Gasteiger partial charge in [-0.05, 0) is 73.0 Å². The Morgan fingerprint density at radius 2 is 1.42 bits per heavy atom. The molecule has 0 unspecified atom stereocenters. The van der Waals surface area contributed by atoms with Crippen LogP contribution in [0.4, 0.5) is 10.5 Å². The highest BCUT2D eigenvalue weighted by Crippen LogP contribution is 2.16. The monoisotopic (exact) mass is 490 g/mol. The van der Waals surface area contributed by atoms with Gasteiger partial charge in [0.2, 0.25) is 0 Å². The minimum atomic E-state index is -0.796. The maximum atomic E-state index is 12.5. The lowest BCUT2D eigenvalue weighted by atomic mass is 10.1. The molecule has 3 aromatic rings. The van der Waals surface area contributed by atoms with E-state index >= 15 is 0 Å². The number of carbonyl (C=O) groups is 3. The number of amides is 2. The molecule has 0 saturated heterocycles. The molecule has 36 heavy (non-hydrogen) atoms. The summed E-state index contributed by atoms with van der Waals surface area (Å²) in [5.41, 5.74) is 3.14. The first-order valence-electron chi connectivity index (χ1n) is 11.8. The number of carbonyl (C=O) groups excluding carboxylic acids is 3. The van der Waals surface area contributed by atoms with Crippen LogP contribution in [-0.4, -0.2) is 31.2 Å². The molecule has 0 bridgehead atoms. The summed E-state index contributed by atoms with van der Waals surface area (Å²) >= 11 is 0. The zero-order chi connectivity index (χ0) is 25.8. The summed E-state index contributed by atoms with van der Waals surface area (Å²) in [7, 11) is 0. The standard InChI is InChI=1S/C28H30N2O6/c1-3-5-20-8-14-24(15-9-20)35-19-26(31)29-18-21-6-12-23(13-7-21)30-27(32)22-10-16-25(17-11-22)36-28(33)34-4-2/h6-17H,3-5,18-19H2,1-2H3,(H,29,31)(H,30,32). The molecule has 0 aliphatic rings. The topological polar surface area (TPSA) is 103 Å². The normalized spacial score (nSPS) is 10.3. The van der Waals surface area contributed by atoms with Crippen LogP contribution in [0.15, 0.2) is 72.8 Å². The Kier molecular flexibility index (Phi) is 9.88. The number of aryl methyl sites for hydroxylation is 1. The van der Waals surface area contributed by atoms with Crippen molar-refractivity contribution in [3.8, 4) is 11.5 Å². The van der Waals surface area contributed by atoms with Crippen molar-refractivity contribution in [3.05, 3.63) is 89.5 Å². The van der Waals surface area contributed by atoms with Crippen LogP contribution in [0, 0.1) is 0 Å². The maximum absolute atomic E-state index is 12.5. The average Bonchev–Trinajstić information content (AvgIpc) is 2.88. The Hall–Kier alpha value is -4.33. The molecule has 8 heteroatoms. The largest absolute Gasteiger partial charge is 0.513 e. The molecule has 0 fully saturated rings. The minimum Gasteiger partial charge on any atom is -0.484 e. The van der Waals surface area contributed by atoms with Crippen molar-refractivity contribution in [1.82, 2.24) is 5.32 Å².